The predicted molar refractivity (Wildman–Crippen MR) is 87.2 cm³/mol. The molecule has 2 aromatic heterocycles. The van der Waals surface area contributed by atoms with Crippen LogP contribution < -0.4 is 5.73 Å². The lowest BCUT2D eigenvalue weighted by Gasteiger charge is -2.13. The van der Waals surface area contributed by atoms with Gasteiger partial charge in [0.2, 0.25) is 0 Å². The van der Waals surface area contributed by atoms with Crippen molar-refractivity contribution in [3.05, 3.63) is 59.0 Å². The maximum absolute atomic E-state index is 6.33. The molecule has 3 rings (SSSR count). The van der Waals surface area contributed by atoms with Crippen molar-refractivity contribution in [2.45, 2.75) is 13.0 Å². The van der Waals surface area contributed by atoms with Crippen molar-refractivity contribution >= 4 is 23.2 Å². The van der Waals surface area contributed by atoms with E-state index in [0.717, 1.165) is 11.3 Å². The highest BCUT2D eigenvalue weighted by atomic mass is 35.5. The van der Waals surface area contributed by atoms with E-state index >= 15 is 0 Å². The van der Waals surface area contributed by atoms with Crippen molar-refractivity contribution in [1.82, 2.24) is 19.5 Å². The third kappa shape index (κ3) is 2.83. The molecule has 112 valence electrons. The van der Waals surface area contributed by atoms with Gasteiger partial charge in [-0.25, -0.2) is 15.0 Å². The van der Waals surface area contributed by atoms with Crippen LogP contribution in [0.3, 0.4) is 0 Å². The van der Waals surface area contributed by atoms with E-state index in [1.165, 1.54) is 0 Å². The van der Waals surface area contributed by atoms with Gasteiger partial charge < -0.3 is 10.3 Å². The summed E-state index contributed by atoms with van der Waals surface area (Å²) in [7, 11) is 0. The maximum Gasteiger partial charge on any atom is 0.145 e. The quantitative estimate of drug-likeness (QED) is 0.794. The predicted octanol–water partition coefficient (Wildman–Crippen LogP) is 3.66. The van der Waals surface area contributed by atoms with Gasteiger partial charge in [0.05, 0.1) is 35.0 Å². The molecule has 1 unspecified atom stereocenters. The molecule has 0 bridgehead atoms. The first kappa shape index (κ1) is 15.0. The molecular weight excluding hydrogens is 321 g/mol. The second-order valence-corrected chi connectivity index (χ2v) is 5.69. The fourth-order valence-electron chi connectivity index (χ4n) is 2.08. The third-order valence-electron chi connectivity index (χ3n) is 3.16. The molecule has 5 nitrogen and oxygen atoms in total. The van der Waals surface area contributed by atoms with Crippen LogP contribution in [0, 0.1) is 0 Å². The smallest absolute Gasteiger partial charge is 0.145 e. The lowest BCUT2D eigenvalue weighted by Crippen LogP contribution is -2.12. The van der Waals surface area contributed by atoms with Gasteiger partial charge in [-0.1, -0.05) is 23.2 Å². The maximum atomic E-state index is 6.33. The molecule has 0 amide bonds. The fourth-order valence-corrected chi connectivity index (χ4v) is 2.58. The molecule has 0 aliphatic carbocycles. The van der Waals surface area contributed by atoms with E-state index in [1.807, 2.05) is 23.8 Å². The minimum atomic E-state index is -0.276. The van der Waals surface area contributed by atoms with E-state index < -0.39 is 0 Å². The van der Waals surface area contributed by atoms with Crippen LogP contribution in [-0.2, 0) is 0 Å². The minimum absolute atomic E-state index is 0.276. The number of nitrogens with zero attached hydrogens (tertiary/aromatic N) is 4. The van der Waals surface area contributed by atoms with Crippen molar-refractivity contribution in [3.8, 4) is 16.9 Å². The van der Waals surface area contributed by atoms with E-state index in [4.69, 9.17) is 28.9 Å². The van der Waals surface area contributed by atoms with Crippen LogP contribution in [0.4, 0.5) is 0 Å². The summed E-state index contributed by atoms with van der Waals surface area (Å²) in [5.41, 5.74) is 8.11. The van der Waals surface area contributed by atoms with E-state index in [2.05, 4.69) is 15.0 Å². The number of aromatic nitrogens is 4. The molecule has 0 aliphatic rings. The summed E-state index contributed by atoms with van der Waals surface area (Å²) in [4.78, 5) is 12.9. The number of hydrogen-bond acceptors (Lipinski definition) is 4. The molecular formula is C15H13Cl2N5. The second-order valence-electron chi connectivity index (χ2n) is 4.84. The van der Waals surface area contributed by atoms with Crippen LogP contribution in [0.5, 0.6) is 0 Å². The number of imidazole rings is 1. The molecule has 0 radical (unpaired) electrons. The fraction of sp³-hybridized carbons (Fsp3) is 0.133. The van der Waals surface area contributed by atoms with E-state index in [-0.39, 0.29) is 6.04 Å². The monoisotopic (exact) mass is 333 g/mol. The van der Waals surface area contributed by atoms with E-state index in [0.29, 0.717) is 21.6 Å². The van der Waals surface area contributed by atoms with Crippen LogP contribution in [0.1, 0.15) is 18.8 Å². The first-order valence-corrected chi connectivity index (χ1v) is 7.38. The van der Waals surface area contributed by atoms with Crippen molar-refractivity contribution in [3.63, 3.8) is 0 Å². The van der Waals surface area contributed by atoms with Crippen LogP contribution in [0.25, 0.3) is 16.9 Å². The second kappa shape index (κ2) is 6.04. The van der Waals surface area contributed by atoms with Gasteiger partial charge in [-0.05, 0) is 25.1 Å². The Kier molecular flexibility index (Phi) is 4.11. The largest absolute Gasteiger partial charge is 0.322 e. The van der Waals surface area contributed by atoms with Gasteiger partial charge in [-0.15, -0.1) is 0 Å². The van der Waals surface area contributed by atoms with Crippen LogP contribution in [0.2, 0.25) is 10.0 Å². The van der Waals surface area contributed by atoms with Gasteiger partial charge in [0.25, 0.3) is 0 Å². The Morgan fingerprint density at radius 3 is 2.73 bits per heavy atom. The number of halogens is 2. The highest BCUT2D eigenvalue weighted by Gasteiger charge is 2.15. The van der Waals surface area contributed by atoms with Gasteiger partial charge >= 0.3 is 0 Å². The van der Waals surface area contributed by atoms with Crippen LogP contribution in [-0.4, -0.2) is 19.5 Å². The zero-order chi connectivity index (χ0) is 15.7. The molecule has 0 spiro atoms. The molecule has 0 saturated heterocycles. The summed E-state index contributed by atoms with van der Waals surface area (Å²) in [5.74, 6) is 0.546. The molecule has 1 aromatic carbocycles. The Bertz CT molecular complexity index is 800. The lowest BCUT2D eigenvalue weighted by molar-refractivity contribution is 0.737. The molecule has 3 aromatic rings. The minimum Gasteiger partial charge on any atom is -0.322 e. The zero-order valence-corrected chi connectivity index (χ0v) is 13.3. The average Bonchev–Trinajstić information content (AvgIpc) is 3.00. The number of nitrogens with two attached hydrogens (primary N) is 1. The number of benzene rings is 1. The Morgan fingerprint density at radius 1 is 1.27 bits per heavy atom. The van der Waals surface area contributed by atoms with Gasteiger partial charge in [-0.3, -0.25) is 0 Å². The molecule has 2 heterocycles. The summed E-state index contributed by atoms with van der Waals surface area (Å²) in [6.45, 7) is 1.83. The topological polar surface area (TPSA) is 69.6 Å². The van der Waals surface area contributed by atoms with E-state index in [1.54, 1.807) is 30.9 Å². The summed E-state index contributed by atoms with van der Waals surface area (Å²) >= 11 is 12.3. The lowest BCUT2D eigenvalue weighted by atomic mass is 10.1. The highest BCUT2D eigenvalue weighted by molar-refractivity contribution is 6.36. The first-order chi connectivity index (χ1) is 10.6. The van der Waals surface area contributed by atoms with Gasteiger partial charge in [0.15, 0.2) is 0 Å². The molecule has 0 saturated carbocycles. The Hall–Kier alpha value is -1.95. The number of rotatable bonds is 3. The molecule has 1 atom stereocenters. The summed E-state index contributed by atoms with van der Waals surface area (Å²) in [6, 6.07) is 5.01. The van der Waals surface area contributed by atoms with Crippen molar-refractivity contribution in [2.75, 3.05) is 0 Å². The number of hydrogen-bond donors (Lipinski definition) is 1. The first-order valence-electron chi connectivity index (χ1n) is 6.62. The van der Waals surface area contributed by atoms with Crippen molar-refractivity contribution in [2.24, 2.45) is 5.73 Å². The summed E-state index contributed by atoms with van der Waals surface area (Å²) in [5, 5.41) is 1.09. The Morgan fingerprint density at radius 2 is 2.09 bits per heavy atom. The molecule has 22 heavy (non-hydrogen) atoms. The molecule has 0 aliphatic heterocycles. The van der Waals surface area contributed by atoms with Crippen LogP contribution in [0.15, 0.2) is 43.1 Å². The van der Waals surface area contributed by atoms with Gasteiger partial charge in [0, 0.05) is 23.0 Å². The van der Waals surface area contributed by atoms with Gasteiger partial charge in [0.1, 0.15) is 5.82 Å². The standard InChI is InChI=1S/C15H13Cl2N5/c1-9(18)15-20-7-13(22-5-4-19-8-22)14(21-15)11-3-2-10(16)6-12(11)17/h2-9H,18H2,1H3. The SMILES string of the molecule is CC(N)c1ncc(-n2ccnc2)c(-c2ccc(Cl)cc2Cl)n1. The average molecular weight is 334 g/mol. The van der Waals surface area contributed by atoms with Crippen molar-refractivity contribution < 1.29 is 0 Å². The Balaban J connectivity index is 2.24. The summed E-state index contributed by atoms with van der Waals surface area (Å²) in [6.07, 6.45) is 6.90. The highest BCUT2D eigenvalue weighted by Crippen LogP contribution is 2.33. The Labute approximate surface area is 137 Å². The van der Waals surface area contributed by atoms with Crippen molar-refractivity contribution in [1.29, 1.82) is 0 Å². The molecule has 7 heteroatoms. The summed E-state index contributed by atoms with van der Waals surface area (Å²) < 4.78 is 1.82. The third-order valence-corrected chi connectivity index (χ3v) is 3.71. The van der Waals surface area contributed by atoms with Gasteiger partial charge in [-0.2, -0.15) is 0 Å². The zero-order valence-electron chi connectivity index (χ0n) is 11.7. The normalized spacial score (nSPS) is 12.4. The molecule has 0 fully saturated rings. The van der Waals surface area contributed by atoms with E-state index in [9.17, 15) is 0 Å². The molecule has 2 N–H and O–H groups in total. The van der Waals surface area contributed by atoms with Crippen LogP contribution >= 0.6 is 23.2 Å².